The van der Waals surface area contributed by atoms with Crippen LogP contribution in [0.1, 0.15) is 54.7 Å². The Balaban J connectivity index is 1.47. The van der Waals surface area contributed by atoms with Crippen LogP contribution in [-0.4, -0.2) is 25.6 Å². The average molecular weight is 616 g/mol. The minimum atomic E-state index is -5.22. The summed E-state index contributed by atoms with van der Waals surface area (Å²) in [5.41, 5.74) is -3.16. The predicted octanol–water partition coefficient (Wildman–Crippen LogP) is 6.79. The van der Waals surface area contributed by atoms with Crippen molar-refractivity contribution in [2.45, 2.75) is 61.4 Å². The van der Waals surface area contributed by atoms with Crippen molar-refractivity contribution < 1.29 is 49.4 Å². The smallest absolute Gasteiger partial charge is 0.416 e. The first kappa shape index (κ1) is 30.1. The van der Waals surface area contributed by atoms with Gasteiger partial charge in [-0.1, -0.05) is 24.3 Å². The topological polar surface area (TPSA) is 92.7 Å². The quantitative estimate of drug-likeness (QED) is 0.276. The van der Waals surface area contributed by atoms with Gasteiger partial charge in [-0.05, 0) is 80.0 Å². The van der Waals surface area contributed by atoms with Crippen LogP contribution < -0.4 is 4.72 Å². The molecule has 0 amide bonds. The number of hydrogen-bond donors (Lipinski definition) is 2. The summed E-state index contributed by atoms with van der Waals surface area (Å²) in [6, 6.07) is 5.89. The highest BCUT2D eigenvalue weighted by atomic mass is 32.2. The zero-order valence-corrected chi connectivity index (χ0v) is 22.8. The van der Waals surface area contributed by atoms with Crippen molar-refractivity contribution in [1.29, 1.82) is 0 Å². The number of hydrogen-bond acceptors (Lipinski definition) is 5. The van der Waals surface area contributed by atoms with Gasteiger partial charge < -0.3 is 9.84 Å². The van der Waals surface area contributed by atoms with Crippen molar-refractivity contribution in [3.05, 3.63) is 83.1 Å². The number of alkyl halides is 6. The second-order valence-electron chi connectivity index (χ2n) is 10.8. The van der Waals surface area contributed by atoms with Gasteiger partial charge in [-0.25, -0.2) is 8.42 Å². The monoisotopic (exact) mass is 615 g/mol. The molecule has 1 aliphatic heterocycles. The molecule has 3 aliphatic rings. The number of anilines is 1. The summed E-state index contributed by atoms with van der Waals surface area (Å²) >= 11 is 0. The van der Waals surface area contributed by atoms with Gasteiger partial charge in [0.15, 0.2) is 0 Å². The van der Waals surface area contributed by atoms with E-state index in [9.17, 15) is 44.7 Å². The van der Waals surface area contributed by atoms with Gasteiger partial charge in [0.1, 0.15) is 5.76 Å². The van der Waals surface area contributed by atoms with Crippen molar-refractivity contribution in [1.82, 2.24) is 0 Å². The molecule has 4 atom stereocenters. The van der Waals surface area contributed by atoms with E-state index in [0.29, 0.717) is 17.7 Å². The molecule has 226 valence electrons. The maximum absolute atomic E-state index is 13.3. The fourth-order valence-electron chi connectivity index (χ4n) is 5.70. The lowest BCUT2D eigenvalue weighted by Gasteiger charge is -2.39. The summed E-state index contributed by atoms with van der Waals surface area (Å²) in [5, 5.41) is 11.4. The van der Waals surface area contributed by atoms with Crippen molar-refractivity contribution in [3.8, 4) is 0 Å². The molecule has 1 saturated carbocycles. The third-order valence-corrected chi connectivity index (χ3v) is 9.19. The number of nitrogens with one attached hydrogen (secondary N) is 1. The van der Waals surface area contributed by atoms with E-state index < -0.39 is 68.2 Å². The van der Waals surface area contributed by atoms with Crippen LogP contribution in [-0.2, 0) is 31.9 Å². The number of benzene rings is 2. The van der Waals surface area contributed by atoms with Crippen LogP contribution in [0.2, 0.25) is 0 Å². The summed E-state index contributed by atoms with van der Waals surface area (Å²) in [6.45, 7) is 0. The molecule has 5 rings (SSSR count). The van der Waals surface area contributed by atoms with Gasteiger partial charge in [0.25, 0.3) is 10.0 Å². The summed E-state index contributed by atoms with van der Waals surface area (Å²) in [5.74, 6) is -2.16. The van der Waals surface area contributed by atoms with E-state index in [2.05, 4.69) is 4.72 Å². The van der Waals surface area contributed by atoms with Crippen molar-refractivity contribution in [2.75, 3.05) is 4.72 Å². The molecular weight excluding hydrogens is 588 g/mol. The Morgan fingerprint density at radius 2 is 1.62 bits per heavy atom. The molecule has 4 unspecified atom stereocenters. The number of carbonyl (C=O) groups is 1. The summed E-state index contributed by atoms with van der Waals surface area (Å²) in [6.07, 6.45) is -2.46. The standard InChI is InChI=1S/C29H27F6NO5S/c30-28(31,32)18-13-19(29(33,34)35)15-21(14-18)42(39,40)36-20-7-5-6-17(12-20)24(16-10-11-16)25-26(37)22-8-3-1-2-4-9-23(22)41-27(25)38/h2,4-7,9,12-16,22,24-26,36-37H,1,3,8,10-11H2. The molecule has 1 heterocycles. The Morgan fingerprint density at radius 3 is 2.24 bits per heavy atom. The summed E-state index contributed by atoms with van der Waals surface area (Å²) in [4.78, 5) is 12.0. The van der Waals surface area contributed by atoms with Gasteiger partial charge in [-0.3, -0.25) is 9.52 Å². The molecule has 6 nitrogen and oxygen atoms in total. The fourth-order valence-corrected chi connectivity index (χ4v) is 6.81. The van der Waals surface area contributed by atoms with Crippen LogP contribution in [0.15, 0.2) is 71.3 Å². The van der Waals surface area contributed by atoms with E-state index in [4.69, 9.17) is 4.74 Å². The first-order valence-corrected chi connectivity index (χ1v) is 14.8. The van der Waals surface area contributed by atoms with Crippen LogP contribution in [0, 0.1) is 17.8 Å². The van der Waals surface area contributed by atoms with Gasteiger partial charge in [0.2, 0.25) is 0 Å². The van der Waals surface area contributed by atoms with E-state index in [1.54, 1.807) is 18.2 Å². The number of esters is 1. The number of rotatable bonds is 6. The number of ether oxygens (including phenoxy) is 1. The van der Waals surface area contributed by atoms with Crippen molar-refractivity contribution >= 4 is 21.7 Å². The van der Waals surface area contributed by atoms with E-state index in [0.717, 1.165) is 25.7 Å². The highest BCUT2D eigenvalue weighted by Gasteiger charge is 2.51. The number of aliphatic hydroxyl groups excluding tert-OH is 1. The molecule has 0 bridgehead atoms. The summed E-state index contributed by atoms with van der Waals surface area (Å²) < 4.78 is 114. The fraction of sp³-hybridized carbons (Fsp3) is 0.414. The predicted molar refractivity (Wildman–Crippen MR) is 139 cm³/mol. The van der Waals surface area contributed by atoms with Gasteiger partial charge in [-0.15, -0.1) is 0 Å². The van der Waals surface area contributed by atoms with Gasteiger partial charge in [0.05, 0.1) is 28.0 Å². The second kappa shape index (κ2) is 11.1. The van der Waals surface area contributed by atoms with Crippen LogP contribution in [0.25, 0.3) is 0 Å². The zero-order chi connectivity index (χ0) is 30.4. The zero-order valence-electron chi connectivity index (χ0n) is 22.0. The van der Waals surface area contributed by atoms with Crippen LogP contribution in [0.3, 0.4) is 0 Å². The van der Waals surface area contributed by atoms with Gasteiger partial charge in [-0.2, -0.15) is 26.3 Å². The Bertz CT molecular complexity index is 1500. The van der Waals surface area contributed by atoms with E-state index in [1.165, 1.54) is 18.2 Å². The third kappa shape index (κ3) is 6.36. The first-order chi connectivity index (χ1) is 19.6. The Kier molecular flexibility index (Phi) is 7.94. The number of sulfonamides is 1. The van der Waals surface area contributed by atoms with Crippen LogP contribution >= 0.6 is 0 Å². The van der Waals surface area contributed by atoms with Gasteiger partial charge in [0, 0.05) is 17.5 Å². The Morgan fingerprint density at radius 1 is 0.952 bits per heavy atom. The lowest BCUT2D eigenvalue weighted by atomic mass is 9.72. The molecule has 0 aromatic heterocycles. The Labute approximate surface area is 238 Å². The SMILES string of the molecule is O=C1OC2=CC=CCCCC2C(O)C1C(c1cccc(NS(=O)(=O)c2cc(C(F)(F)F)cc(C(F)(F)F)c2)c1)C1CC1. The summed E-state index contributed by atoms with van der Waals surface area (Å²) in [7, 11) is -4.90. The van der Waals surface area contributed by atoms with E-state index in [-0.39, 0.29) is 29.8 Å². The number of fused-ring (bicyclic) bond motifs is 1. The first-order valence-electron chi connectivity index (χ1n) is 13.3. The second-order valence-corrected chi connectivity index (χ2v) is 12.5. The van der Waals surface area contributed by atoms with Crippen molar-refractivity contribution in [2.24, 2.45) is 17.8 Å². The minimum Gasteiger partial charge on any atom is -0.430 e. The average Bonchev–Trinajstić information content (AvgIpc) is 3.71. The molecular formula is C29H27F6NO5S. The maximum Gasteiger partial charge on any atom is 0.416 e. The molecule has 2 fully saturated rings. The maximum atomic E-state index is 13.3. The number of aliphatic hydroxyl groups is 1. The molecule has 0 spiro atoms. The molecule has 2 aliphatic carbocycles. The van der Waals surface area contributed by atoms with Crippen LogP contribution in [0.4, 0.5) is 32.0 Å². The lowest BCUT2D eigenvalue weighted by molar-refractivity contribution is -0.161. The number of allylic oxidation sites excluding steroid dienone is 3. The normalized spacial score (nSPS) is 24.1. The third-order valence-electron chi connectivity index (χ3n) is 7.83. The molecule has 2 aromatic rings. The number of halogens is 6. The lowest BCUT2D eigenvalue weighted by Crippen LogP contribution is -2.45. The molecule has 1 saturated heterocycles. The van der Waals surface area contributed by atoms with Crippen molar-refractivity contribution in [3.63, 3.8) is 0 Å². The molecule has 42 heavy (non-hydrogen) atoms. The Hall–Kier alpha value is -3.32. The van der Waals surface area contributed by atoms with E-state index in [1.807, 2.05) is 6.08 Å². The van der Waals surface area contributed by atoms with Gasteiger partial charge >= 0.3 is 18.3 Å². The minimum absolute atomic E-state index is 0.0131. The largest absolute Gasteiger partial charge is 0.430 e. The molecule has 2 aromatic carbocycles. The number of carbonyl (C=O) groups excluding carboxylic acids is 1. The molecule has 0 radical (unpaired) electrons. The molecule has 2 N–H and O–H groups in total. The highest BCUT2D eigenvalue weighted by molar-refractivity contribution is 7.92. The molecule has 13 heteroatoms. The van der Waals surface area contributed by atoms with Crippen LogP contribution in [0.5, 0.6) is 0 Å². The highest BCUT2D eigenvalue weighted by Crippen LogP contribution is 2.51. The van der Waals surface area contributed by atoms with E-state index >= 15 is 0 Å².